The van der Waals surface area contributed by atoms with E-state index in [0.29, 0.717) is 6.04 Å². The Hall–Kier alpha value is -3.15. The Kier molecular flexibility index (Phi) is 6.93. The zero-order valence-electron chi connectivity index (χ0n) is 19.4. The molecule has 0 amide bonds. The number of thioether (sulfide) groups is 1. The fourth-order valence-corrected chi connectivity index (χ4v) is 5.74. The van der Waals surface area contributed by atoms with Gasteiger partial charge in [-0.15, -0.1) is 11.3 Å². The van der Waals surface area contributed by atoms with Crippen molar-refractivity contribution in [2.24, 2.45) is 0 Å². The van der Waals surface area contributed by atoms with E-state index in [9.17, 15) is 0 Å². The Morgan fingerprint density at radius 3 is 2.29 bits per heavy atom. The van der Waals surface area contributed by atoms with Crippen LogP contribution in [0.15, 0.2) is 102 Å². The highest BCUT2D eigenvalue weighted by atomic mass is 32.2. The normalized spacial score (nSPS) is 11.3. The summed E-state index contributed by atoms with van der Waals surface area (Å²) in [6, 6.07) is 32.2. The molecule has 34 heavy (non-hydrogen) atoms. The number of aromatic nitrogens is 2. The first-order valence-corrected chi connectivity index (χ1v) is 13.4. The summed E-state index contributed by atoms with van der Waals surface area (Å²) in [5, 5.41) is 2.94. The first-order valence-electron chi connectivity index (χ1n) is 11.5. The predicted octanol–water partition coefficient (Wildman–Crippen LogP) is 8.07. The number of nitrogens with zero attached hydrogens (tertiary/aromatic N) is 3. The molecule has 0 aliphatic rings. The summed E-state index contributed by atoms with van der Waals surface area (Å²) in [5.74, 6) is 1.85. The minimum atomic E-state index is 0.317. The quantitative estimate of drug-likeness (QED) is 0.165. The third kappa shape index (κ3) is 5.01. The fraction of sp³-hybridized carbons (Fsp3) is 0.172. The monoisotopic (exact) mass is 481 g/mol. The zero-order chi connectivity index (χ0) is 23.3. The summed E-state index contributed by atoms with van der Waals surface area (Å²) < 4.78 is 1.15. The SMILES string of the molecule is CC(C)N(Cc1ccccc1)c1nc(SCc2ccccc2-c2ccccc2)nc2ccsc12. The maximum Gasteiger partial charge on any atom is 0.190 e. The van der Waals surface area contributed by atoms with Crippen LogP contribution in [-0.2, 0) is 12.3 Å². The van der Waals surface area contributed by atoms with Crippen LogP contribution in [0.1, 0.15) is 25.0 Å². The van der Waals surface area contributed by atoms with Crippen molar-refractivity contribution >= 4 is 39.1 Å². The summed E-state index contributed by atoms with van der Waals surface area (Å²) >= 11 is 3.42. The number of benzene rings is 3. The number of hydrogen-bond donors (Lipinski definition) is 0. The maximum absolute atomic E-state index is 5.10. The molecule has 0 saturated heterocycles. The standard InChI is InChI=1S/C29H27N3S2/c1-21(2)32(19-22-11-5-3-6-12-22)28-27-26(17-18-33-27)30-29(31-28)34-20-24-15-9-10-16-25(24)23-13-7-4-8-14-23/h3-18,21H,19-20H2,1-2H3. The first kappa shape index (κ1) is 22.6. The molecule has 3 aromatic carbocycles. The van der Waals surface area contributed by atoms with Gasteiger partial charge in [-0.3, -0.25) is 0 Å². The Bertz CT molecular complexity index is 1360. The van der Waals surface area contributed by atoms with Crippen molar-refractivity contribution < 1.29 is 0 Å². The van der Waals surface area contributed by atoms with Crippen molar-refractivity contribution in [3.05, 3.63) is 108 Å². The van der Waals surface area contributed by atoms with E-state index in [2.05, 4.69) is 115 Å². The predicted molar refractivity (Wildman–Crippen MR) is 147 cm³/mol. The number of rotatable bonds is 8. The lowest BCUT2D eigenvalue weighted by Gasteiger charge is -2.28. The average Bonchev–Trinajstić information content (AvgIpc) is 3.36. The Morgan fingerprint density at radius 2 is 1.53 bits per heavy atom. The molecule has 5 aromatic rings. The average molecular weight is 482 g/mol. The van der Waals surface area contributed by atoms with Crippen molar-refractivity contribution in [3.63, 3.8) is 0 Å². The van der Waals surface area contributed by atoms with E-state index in [1.54, 1.807) is 23.1 Å². The van der Waals surface area contributed by atoms with Gasteiger partial charge in [0.15, 0.2) is 11.0 Å². The highest BCUT2D eigenvalue weighted by Crippen LogP contribution is 2.35. The van der Waals surface area contributed by atoms with Crippen LogP contribution in [0, 0.1) is 0 Å². The van der Waals surface area contributed by atoms with Crippen LogP contribution in [0.3, 0.4) is 0 Å². The van der Waals surface area contributed by atoms with Gasteiger partial charge in [0, 0.05) is 18.3 Å². The van der Waals surface area contributed by atoms with Gasteiger partial charge < -0.3 is 4.90 Å². The number of fused-ring (bicyclic) bond motifs is 1. The van der Waals surface area contributed by atoms with Crippen LogP contribution in [0.25, 0.3) is 21.3 Å². The second-order valence-electron chi connectivity index (χ2n) is 8.48. The molecule has 0 radical (unpaired) electrons. The summed E-state index contributed by atoms with van der Waals surface area (Å²) in [6.45, 7) is 5.28. The molecular formula is C29H27N3S2. The summed E-state index contributed by atoms with van der Waals surface area (Å²) in [5.41, 5.74) is 6.10. The molecule has 0 unspecified atom stereocenters. The third-order valence-electron chi connectivity index (χ3n) is 5.82. The van der Waals surface area contributed by atoms with Gasteiger partial charge in [0.2, 0.25) is 0 Å². The molecule has 0 N–H and O–H groups in total. The molecule has 0 atom stereocenters. The van der Waals surface area contributed by atoms with Crippen molar-refractivity contribution in [1.29, 1.82) is 0 Å². The van der Waals surface area contributed by atoms with Gasteiger partial charge in [-0.25, -0.2) is 9.97 Å². The van der Waals surface area contributed by atoms with Crippen LogP contribution in [-0.4, -0.2) is 16.0 Å². The number of anilines is 1. The molecule has 0 spiro atoms. The topological polar surface area (TPSA) is 29.0 Å². The molecule has 0 aliphatic carbocycles. The molecule has 0 fully saturated rings. The van der Waals surface area contributed by atoms with E-state index < -0.39 is 0 Å². The van der Waals surface area contributed by atoms with E-state index in [1.807, 2.05) is 0 Å². The highest BCUT2D eigenvalue weighted by Gasteiger charge is 2.19. The van der Waals surface area contributed by atoms with E-state index in [1.165, 1.54) is 22.3 Å². The van der Waals surface area contributed by atoms with Gasteiger partial charge in [0.25, 0.3) is 0 Å². The van der Waals surface area contributed by atoms with Crippen LogP contribution < -0.4 is 4.90 Å². The van der Waals surface area contributed by atoms with Gasteiger partial charge in [0.1, 0.15) is 0 Å². The lowest BCUT2D eigenvalue weighted by molar-refractivity contribution is 0.670. The van der Waals surface area contributed by atoms with Gasteiger partial charge in [-0.05, 0) is 47.5 Å². The van der Waals surface area contributed by atoms with Gasteiger partial charge in [0.05, 0.1) is 10.2 Å². The second kappa shape index (κ2) is 10.4. The Labute approximate surface area is 209 Å². The van der Waals surface area contributed by atoms with Crippen LogP contribution in [0.5, 0.6) is 0 Å². The van der Waals surface area contributed by atoms with Crippen molar-refractivity contribution in [2.75, 3.05) is 4.90 Å². The fourth-order valence-electron chi connectivity index (χ4n) is 4.06. The van der Waals surface area contributed by atoms with Crippen molar-refractivity contribution in [1.82, 2.24) is 9.97 Å². The zero-order valence-corrected chi connectivity index (χ0v) is 21.0. The first-order chi connectivity index (χ1) is 16.7. The minimum absolute atomic E-state index is 0.317. The number of hydrogen-bond acceptors (Lipinski definition) is 5. The molecule has 2 aromatic heterocycles. The summed E-state index contributed by atoms with van der Waals surface area (Å²) in [4.78, 5) is 12.4. The van der Waals surface area contributed by atoms with E-state index in [4.69, 9.17) is 9.97 Å². The second-order valence-corrected chi connectivity index (χ2v) is 10.3. The lowest BCUT2D eigenvalue weighted by Crippen LogP contribution is -2.31. The van der Waals surface area contributed by atoms with E-state index in [0.717, 1.165) is 33.5 Å². The largest absolute Gasteiger partial charge is 0.349 e. The molecule has 3 nitrogen and oxygen atoms in total. The van der Waals surface area contributed by atoms with Crippen LogP contribution in [0.2, 0.25) is 0 Å². The molecule has 170 valence electrons. The Morgan fingerprint density at radius 1 is 0.824 bits per heavy atom. The maximum atomic E-state index is 5.10. The lowest BCUT2D eigenvalue weighted by atomic mass is 10.0. The van der Waals surface area contributed by atoms with Crippen LogP contribution in [0.4, 0.5) is 5.82 Å². The van der Waals surface area contributed by atoms with Gasteiger partial charge >= 0.3 is 0 Å². The minimum Gasteiger partial charge on any atom is -0.349 e. The van der Waals surface area contributed by atoms with Gasteiger partial charge in [-0.1, -0.05) is 96.7 Å². The molecule has 2 heterocycles. The molecular weight excluding hydrogens is 454 g/mol. The van der Waals surface area contributed by atoms with Crippen molar-refractivity contribution in [2.45, 2.75) is 37.3 Å². The van der Waals surface area contributed by atoms with Crippen LogP contribution >= 0.6 is 23.1 Å². The molecule has 0 saturated carbocycles. The molecule has 0 bridgehead atoms. The summed E-state index contributed by atoms with van der Waals surface area (Å²) in [6.07, 6.45) is 0. The van der Waals surface area contributed by atoms with E-state index in [-0.39, 0.29) is 0 Å². The van der Waals surface area contributed by atoms with Gasteiger partial charge in [-0.2, -0.15) is 0 Å². The third-order valence-corrected chi connectivity index (χ3v) is 7.61. The number of thiophene rings is 1. The molecule has 0 aliphatic heterocycles. The van der Waals surface area contributed by atoms with Crippen molar-refractivity contribution in [3.8, 4) is 11.1 Å². The summed E-state index contributed by atoms with van der Waals surface area (Å²) in [7, 11) is 0. The molecule has 5 rings (SSSR count). The van der Waals surface area contributed by atoms with E-state index >= 15 is 0 Å². The molecule has 5 heteroatoms. The smallest absolute Gasteiger partial charge is 0.190 e. The Balaban J connectivity index is 1.46. The highest BCUT2D eigenvalue weighted by molar-refractivity contribution is 7.98.